The molecular formula is C58H90N4O18. The summed E-state index contributed by atoms with van der Waals surface area (Å²) in [6.45, 7) is 20.4. The number of carboxylic acid groups (broad SMARTS) is 1. The lowest BCUT2D eigenvalue weighted by atomic mass is 9.77. The number of nitrogens with one attached hydrogen (secondary N) is 1. The molecule has 22 heteroatoms. The minimum atomic E-state index is -1.63. The van der Waals surface area contributed by atoms with Gasteiger partial charge in [-0.25, -0.2) is 9.59 Å². The standard InChI is InChI=1S/C58H90N4O18/c1-15-42-58(10)50(79-55(69)80-58)35(6)61(13)29-31(2)27-56(8,70)49(78-54-47(65)40(60(11)12)24-32(3)73-54)33(4)48(34(5)53(68)75-42)77-44-28-57(9,71-14)51(36(7)74-44)76-43(63)19-21-59-20-16-18-37-25-38-45-41(26-37)72-23-17-22-62(45)30-39(46(38)64)52(66)67/h25-26,30-36,40,42,44,47-51,54,59,65,70H,15-24,27-29H2,1-14H3,(H,66,67)/t31-,32-,33+,34-,35-,36+,40+,42-,44+,47-,48+,49-,50+,51+,54+,56-,57-,58-/m1/s1. The summed E-state index contributed by atoms with van der Waals surface area (Å²) < 4.78 is 64.9. The lowest BCUT2D eigenvalue weighted by Crippen LogP contribution is -2.61. The summed E-state index contributed by atoms with van der Waals surface area (Å²) in [7, 11) is 7.17. The van der Waals surface area contributed by atoms with Gasteiger partial charge in [0.15, 0.2) is 30.4 Å². The van der Waals surface area contributed by atoms with Gasteiger partial charge in [-0.2, -0.15) is 0 Å². The number of aliphatic hydroxyl groups is 2. The van der Waals surface area contributed by atoms with E-state index in [-0.39, 0.29) is 49.3 Å². The molecule has 6 heterocycles. The average molecular weight is 1130 g/mol. The van der Waals surface area contributed by atoms with Crippen molar-refractivity contribution < 1.29 is 81.9 Å². The fourth-order valence-electron chi connectivity index (χ4n) is 13.0. The first-order valence-electron chi connectivity index (χ1n) is 28.6. The van der Waals surface area contributed by atoms with Crippen LogP contribution in [0.25, 0.3) is 10.9 Å². The average Bonchev–Trinajstić information content (AvgIpc) is 3.58. The Hall–Kier alpha value is -4.49. The first-order chi connectivity index (χ1) is 37.6. The van der Waals surface area contributed by atoms with E-state index in [0.717, 1.165) is 5.56 Å². The van der Waals surface area contributed by atoms with E-state index in [0.29, 0.717) is 75.1 Å². The van der Waals surface area contributed by atoms with Crippen LogP contribution >= 0.6 is 0 Å². The molecule has 80 heavy (non-hydrogen) atoms. The zero-order chi connectivity index (χ0) is 58.8. The molecule has 0 unspecified atom stereocenters. The zero-order valence-corrected chi connectivity index (χ0v) is 49.4. The number of aryl methyl sites for hydroxylation is 2. The van der Waals surface area contributed by atoms with Gasteiger partial charge >= 0.3 is 24.1 Å². The monoisotopic (exact) mass is 1130 g/mol. The fraction of sp³-hybridized carbons (Fsp3) is 0.776. The Morgan fingerprint density at radius 2 is 1.69 bits per heavy atom. The summed E-state index contributed by atoms with van der Waals surface area (Å²) in [6.07, 6.45) is -5.80. The first kappa shape index (κ1) is 63.1. The molecule has 4 saturated heterocycles. The number of hydrogen-bond acceptors (Lipinski definition) is 20. The molecule has 22 nitrogen and oxygen atoms in total. The molecule has 1 aromatic heterocycles. The third kappa shape index (κ3) is 13.8. The molecule has 0 radical (unpaired) electrons. The van der Waals surface area contributed by atoms with Gasteiger partial charge in [-0.3, -0.25) is 19.3 Å². The van der Waals surface area contributed by atoms with E-state index in [1.165, 1.54) is 13.3 Å². The summed E-state index contributed by atoms with van der Waals surface area (Å²) in [5.41, 5.74) is -3.57. The van der Waals surface area contributed by atoms with Crippen LogP contribution in [-0.4, -0.2) is 199 Å². The van der Waals surface area contributed by atoms with Gasteiger partial charge in [-0.15, -0.1) is 0 Å². The molecule has 5 aliphatic rings. The van der Waals surface area contributed by atoms with Crippen LogP contribution in [0.15, 0.2) is 23.1 Å². The molecule has 4 fully saturated rings. The van der Waals surface area contributed by atoms with Gasteiger partial charge in [0.05, 0.1) is 59.9 Å². The smallest absolute Gasteiger partial charge is 0.491 e. The molecule has 2 aromatic rings. The molecule has 18 atom stereocenters. The second kappa shape index (κ2) is 26.0. The normalized spacial score (nSPS) is 37.5. The van der Waals surface area contributed by atoms with Crippen molar-refractivity contribution in [2.75, 3.05) is 54.5 Å². The number of nitrogens with zero attached hydrogens (tertiary/aromatic N) is 3. The highest BCUT2D eigenvalue weighted by Crippen LogP contribution is 2.43. The van der Waals surface area contributed by atoms with Gasteiger partial charge in [0.2, 0.25) is 5.43 Å². The second-order valence-electron chi connectivity index (χ2n) is 24.2. The van der Waals surface area contributed by atoms with Crippen molar-refractivity contribution in [1.82, 2.24) is 19.7 Å². The summed E-state index contributed by atoms with van der Waals surface area (Å²) in [5, 5.41) is 38.0. The molecule has 7 rings (SSSR count). The van der Waals surface area contributed by atoms with Crippen molar-refractivity contribution in [2.24, 2.45) is 17.8 Å². The van der Waals surface area contributed by atoms with Crippen LogP contribution in [0.1, 0.15) is 130 Å². The van der Waals surface area contributed by atoms with Crippen LogP contribution in [-0.2, 0) is 65.2 Å². The highest BCUT2D eigenvalue weighted by atomic mass is 16.8. The molecule has 1 aromatic carbocycles. The molecule has 5 aliphatic heterocycles. The predicted octanol–water partition coefficient (Wildman–Crippen LogP) is 5.04. The number of esters is 2. The number of methoxy groups -OCH3 is 1. The third-order valence-corrected chi connectivity index (χ3v) is 17.4. The molecule has 0 spiro atoms. The molecule has 0 amide bonds. The largest absolute Gasteiger partial charge is 0.509 e. The lowest BCUT2D eigenvalue weighted by molar-refractivity contribution is -0.318. The second-order valence-corrected chi connectivity index (χ2v) is 24.2. The van der Waals surface area contributed by atoms with Crippen molar-refractivity contribution >= 4 is 35.0 Å². The number of hydrogen-bond donors (Lipinski definition) is 4. The molecule has 4 N–H and O–H groups in total. The number of aromatic nitrogens is 1. The summed E-state index contributed by atoms with van der Waals surface area (Å²) >= 11 is 0. The Morgan fingerprint density at radius 3 is 2.36 bits per heavy atom. The van der Waals surface area contributed by atoms with Gasteiger partial charge in [0.25, 0.3) is 0 Å². The maximum atomic E-state index is 14.8. The van der Waals surface area contributed by atoms with E-state index >= 15 is 0 Å². The molecule has 0 saturated carbocycles. The lowest BCUT2D eigenvalue weighted by Gasteiger charge is -2.49. The van der Waals surface area contributed by atoms with E-state index in [2.05, 4.69) is 5.32 Å². The highest BCUT2D eigenvalue weighted by molar-refractivity contribution is 5.94. The summed E-state index contributed by atoms with van der Waals surface area (Å²) in [6, 6.07) is 2.91. The summed E-state index contributed by atoms with van der Waals surface area (Å²) in [5.74, 6) is -3.98. The van der Waals surface area contributed by atoms with E-state index < -0.39 is 119 Å². The molecule has 0 aliphatic carbocycles. The van der Waals surface area contributed by atoms with Crippen LogP contribution in [0.4, 0.5) is 4.79 Å². The molecule has 0 bridgehead atoms. The topological polar surface area (TPSA) is 262 Å². The Bertz CT molecular complexity index is 2560. The van der Waals surface area contributed by atoms with Crippen molar-refractivity contribution in [3.8, 4) is 5.75 Å². The van der Waals surface area contributed by atoms with Crippen molar-refractivity contribution in [2.45, 2.75) is 217 Å². The zero-order valence-electron chi connectivity index (χ0n) is 49.4. The number of ether oxygens (including phenoxy) is 10. The Balaban J connectivity index is 1.07. The number of carbonyl (C=O) groups is 4. The first-order valence-corrected chi connectivity index (χ1v) is 28.6. The van der Waals surface area contributed by atoms with Crippen LogP contribution in [0.3, 0.4) is 0 Å². The number of benzene rings is 1. The number of rotatable bonds is 16. The minimum absolute atomic E-state index is 0.0279. The Labute approximate surface area is 470 Å². The van der Waals surface area contributed by atoms with Gasteiger partial charge in [-0.1, -0.05) is 20.8 Å². The van der Waals surface area contributed by atoms with Crippen LogP contribution in [0, 0.1) is 17.8 Å². The third-order valence-electron chi connectivity index (χ3n) is 17.4. The van der Waals surface area contributed by atoms with Gasteiger partial charge in [0, 0.05) is 57.4 Å². The number of aliphatic hydroxyl groups excluding tert-OH is 1. The quantitative estimate of drug-likeness (QED) is 0.0975. The summed E-state index contributed by atoms with van der Waals surface area (Å²) in [4.78, 5) is 70.5. The number of aromatic carboxylic acids is 1. The van der Waals surface area contributed by atoms with E-state index in [4.69, 9.17) is 47.4 Å². The van der Waals surface area contributed by atoms with E-state index in [1.807, 2.05) is 71.6 Å². The van der Waals surface area contributed by atoms with Crippen LogP contribution in [0.2, 0.25) is 0 Å². The SMILES string of the molecule is CC[C@H]1OC(=O)[C@H](C)[C@@H](O[C@H]2C[C@@](C)(OC)[C@@H](OC(=O)CCNCCCc3cc4c5c(c3)c(=O)c(C(=O)O)cn5CCCO4)[C@H](C)O2)[C@H](C)[C@@H](O[C@@H]2O[C@H](C)C[C@H](N(C)C)[C@H]2O)[C@](C)(O)C[C@@H](C)CN(C)[C@H](C)[C@@H]2OC(=O)O[C@]12C. The fourth-order valence-corrected chi connectivity index (χ4v) is 13.0. The Kier molecular flexibility index (Phi) is 20.5. The van der Waals surface area contributed by atoms with E-state index in [9.17, 15) is 39.3 Å². The maximum absolute atomic E-state index is 14.8. The Morgan fingerprint density at radius 1 is 0.963 bits per heavy atom. The number of carbonyl (C=O) groups excluding carboxylic acids is 3. The van der Waals surface area contributed by atoms with E-state index in [1.54, 1.807) is 45.3 Å². The van der Waals surface area contributed by atoms with Gasteiger partial charge in [-0.05, 0) is 138 Å². The number of likely N-dealkylation sites (N-methyl/N-ethyl adjacent to an activating group) is 2. The van der Waals surface area contributed by atoms with Gasteiger partial charge < -0.3 is 77.5 Å². The number of cyclic esters (lactones) is 1. The van der Waals surface area contributed by atoms with Crippen molar-refractivity contribution in [1.29, 1.82) is 0 Å². The van der Waals surface area contributed by atoms with Crippen molar-refractivity contribution in [3.05, 3.63) is 39.7 Å². The molecular weight excluding hydrogens is 1040 g/mol. The predicted molar refractivity (Wildman–Crippen MR) is 292 cm³/mol. The van der Waals surface area contributed by atoms with Crippen LogP contribution in [0.5, 0.6) is 5.75 Å². The highest BCUT2D eigenvalue weighted by Gasteiger charge is 2.58. The van der Waals surface area contributed by atoms with Crippen LogP contribution < -0.4 is 15.5 Å². The number of pyridine rings is 1. The van der Waals surface area contributed by atoms with Crippen molar-refractivity contribution in [3.63, 3.8) is 0 Å². The minimum Gasteiger partial charge on any atom is -0.491 e. The number of fused-ring (bicyclic) bond motifs is 1. The molecule has 450 valence electrons. The van der Waals surface area contributed by atoms with Gasteiger partial charge in [0.1, 0.15) is 29.1 Å². The maximum Gasteiger partial charge on any atom is 0.509 e. The number of carboxylic acids is 1.